The van der Waals surface area contributed by atoms with Gasteiger partial charge in [0.15, 0.2) is 11.6 Å². The number of rotatable bonds is 6. The van der Waals surface area contributed by atoms with E-state index in [1.54, 1.807) is 6.33 Å². The van der Waals surface area contributed by atoms with E-state index in [1.165, 1.54) is 19.3 Å². The zero-order valence-corrected chi connectivity index (χ0v) is 14.5. The van der Waals surface area contributed by atoms with Crippen LogP contribution in [0.25, 0.3) is 0 Å². The lowest BCUT2D eigenvalue weighted by Gasteiger charge is -2.32. The summed E-state index contributed by atoms with van der Waals surface area (Å²) in [5.74, 6) is 2.97. The number of aromatic nitrogens is 2. The predicted molar refractivity (Wildman–Crippen MR) is 94.4 cm³/mol. The minimum Gasteiger partial charge on any atom is -0.393 e. The van der Waals surface area contributed by atoms with Crippen molar-refractivity contribution in [3.63, 3.8) is 0 Å². The molecule has 1 aromatic rings. The van der Waals surface area contributed by atoms with Gasteiger partial charge in [0.25, 0.3) is 0 Å². The molecule has 1 fully saturated rings. The summed E-state index contributed by atoms with van der Waals surface area (Å²) >= 11 is 0. The second kappa shape index (κ2) is 7.65. The van der Waals surface area contributed by atoms with Gasteiger partial charge >= 0.3 is 0 Å². The summed E-state index contributed by atoms with van der Waals surface area (Å²) in [5, 5.41) is 0. The Hall–Kier alpha value is -1.52. The fraction of sp³-hybridized carbons (Fsp3) is 0.765. The number of nitrogens with two attached hydrogens (primary N) is 1. The van der Waals surface area contributed by atoms with Gasteiger partial charge in [-0.05, 0) is 31.1 Å². The van der Waals surface area contributed by atoms with E-state index in [0.29, 0.717) is 11.8 Å². The summed E-state index contributed by atoms with van der Waals surface area (Å²) < 4.78 is 0. The first-order valence-electron chi connectivity index (χ1n) is 8.59. The average Bonchev–Trinajstić information content (AvgIpc) is 2.47. The van der Waals surface area contributed by atoms with Gasteiger partial charge in [-0.15, -0.1) is 0 Å². The quantitative estimate of drug-likeness (QED) is 0.875. The van der Waals surface area contributed by atoms with Crippen LogP contribution in [-0.2, 0) is 0 Å². The minimum atomic E-state index is 0.576. The van der Waals surface area contributed by atoms with Crippen LogP contribution in [0.15, 0.2) is 6.33 Å². The molecule has 1 aromatic heterocycles. The maximum absolute atomic E-state index is 6.46. The highest BCUT2D eigenvalue weighted by atomic mass is 15.3. The topological polar surface area (TPSA) is 58.3 Å². The van der Waals surface area contributed by atoms with Crippen molar-refractivity contribution < 1.29 is 0 Å². The molecule has 2 rings (SSSR count). The molecule has 22 heavy (non-hydrogen) atoms. The zero-order chi connectivity index (χ0) is 16.1. The Morgan fingerprint density at radius 1 is 1.05 bits per heavy atom. The van der Waals surface area contributed by atoms with E-state index in [9.17, 15) is 0 Å². The van der Waals surface area contributed by atoms with Crippen molar-refractivity contribution in [3.8, 4) is 0 Å². The molecule has 5 heteroatoms. The average molecular weight is 305 g/mol. The molecule has 0 amide bonds. The lowest BCUT2D eigenvalue weighted by atomic mass is 10.1. The van der Waals surface area contributed by atoms with E-state index in [0.717, 1.165) is 43.5 Å². The monoisotopic (exact) mass is 305 g/mol. The first kappa shape index (κ1) is 16.8. The number of nitrogens with zero attached hydrogens (tertiary/aromatic N) is 4. The van der Waals surface area contributed by atoms with Gasteiger partial charge in [0, 0.05) is 26.2 Å². The van der Waals surface area contributed by atoms with Crippen molar-refractivity contribution in [2.24, 2.45) is 11.8 Å². The highest BCUT2D eigenvalue weighted by Gasteiger charge is 2.21. The van der Waals surface area contributed by atoms with Gasteiger partial charge in [-0.25, -0.2) is 9.97 Å². The molecule has 0 aliphatic carbocycles. The molecule has 0 bridgehead atoms. The highest BCUT2D eigenvalue weighted by Crippen LogP contribution is 2.31. The van der Waals surface area contributed by atoms with Crippen LogP contribution >= 0.6 is 0 Å². The van der Waals surface area contributed by atoms with E-state index in [4.69, 9.17) is 5.73 Å². The largest absolute Gasteiger partial charge is 0.393 e. The van der Waals surface area contributed by atoms with E-state index < -0.39 is 0 Å². The molecule has 0 atom stereocenters. The van der Waals surface area contributed by atoms with Crippen molar-refractivity contribution in [3.05, 3.63) is 6.33 Å². The third-order valence-corrected chi connectivity index (χ3v) is 3.97. The Morgan fingerprint density at radius 2 is 1.64 bits per heavy atom. The first-order chi connectivity index (χ1) is 10.5. The van der Waals surface area contributed by atoms with Gasteiger partial charge in [0.05, 0.1) is 0 Å². The summed E-state index contributed by atoms with van der Waals surface area (Å²) in [6.45, 7) is 13.0. The van der Waals surface area contributed by atoms with Crippen LogP contribution in [0.2, 0.25) is 0 Å². The van der Waals surface area contributed by atoms with Crippen LogP contribution in [0.4, 0.5) is 17.3 Å². The Balaban J connectivity index is 2.27. The van der Waals surface area contributed by atoms with Gasteiger partial charge in [0.2, 0.25) is 0 Å². The molecule has 0 aromatic carbocycles. The second-order valence-corrected chi connectivity index (χ2v) is 7.17. The molecule has 1 saturated heterocycles. The van der Waals surface area contributed by atoms with Crippen LogP contribution in [0.5, 0.6) is 0 Å². The van der Waals surface area contributed by atoms with Crippen molar-refractivity contribution >= 4 is 17.3 Å². The maximum atomic E-state index is 6.46. The standard InChI is InChI=1S/C17H31N5/c1-13(2)10-22(11-14(3)4)17-15(18)16(19-12-20-17)21-8-6-5-7-9-21/h12-14H,5-11,18H2,1-4H3. The molecule has 124 valence electrons. The van der Waals surface area contributed by atoms with Crippen LogP contribution in [0, 0.1) is 11.8 Å². The fourth-order valence-corrected chi connectivity index (χ4v) is 3.12. The Kier molecular flexibility index (Phi) is 5.86. The number of piperidine rings is 1. The second-order valence-electron chi connectivity index (χ2n) is 7.17. The summed E-state index contributed by atoms with van der Waals surface area (Å²) in [5.41, 5.74) is 7.20. The maximum Gasteiger partial charge on any atom is 0.157 e. The smallest absolute Gasteiger partial charge is 0.157 e. The number of anilines is 3. The number of hydrogen-bond acceptors (Lipinski definition) is 5. The van der Waals surface area contributed by atoms with Crippen molar-refractivity contribution in [2.45, 2.75) is 47.0 Å². The van der Waals surface area contributed by atoms with Gasteiger partial charge in [-0.1, -0.05) is 27.7 Å². The van der Waals surface area contributed by atoms with Crippen LogP contribution in [0.3, 0.4) is 0 Å². The molecule has 2 N–H and O–H groups in total. The predicted octanol–water partition coefficient (Wildman–Crippen LogP) is 3.17. The van der Waals surface area contributed by atoms with Crippen LogP contribution in [0.1, 0.15) is 47.0 Å². The highest BCUT2D eigenvalue weighted by molar-refractivity contribution is 5.75. The molecule has 1 aliphatic heterocycles. The lowest BCUT2D eigenvalue weighted by Crippen LogP contribution is -2.35. The van der Waals surface area contributed by atoms with Gasteiger partial charge < -0.3 is 15.5 Å². The third-order valence-electron chi connectivity index (χ3n) is 3.97. The van der Waals surface area contributed by atoms with E-state index >= 15 is 0 Å². The Bertz CT molecular complexity index is 456. The van der Waals surface area contributed by atoms with E-state index in [2.05, 4.69) is 47.5 Å². The minimum absolute atomic E-state index is 0.576. The normalized spacial score (nSPS) is 15.6. The van der Waals surface area contributed by atoms with Gasteiger partial charge in [0.1, 0.15) is 12.0 Å². The number of nitrogen functional groups attached to an aromatic ring is 1. The summed E-state index contributed by atoms with van der Waals surface area (Å²) in [7, 11) is 0. The molecular weight excluding hydrogens is 274 g/mol. The van der Waals surface area contributed by atoms with Crippen molar-refractivity contribution in [2.75, 3.05) is 41.7 Å². The first-order valence-corrected chi connectivity index (χ1v) is 8.59. The molecule has 0 unspecified atom stereocenters. The lowest BCUT2D eigenvalue weighted by molar-refractivity contribution is 0.548. The molecular formula is C17H31N5. The van der Waals surface area contributed by atoms with Crippen LogP contribution in [-0.4, -0.2) is 36.1 Å². The SMILES string of the molecule is CC(C)CN(CC(C)C)c1ncnc(N2CCCCC2)c1N. The Labute approximate surface area is 134 Å². The summed E-state index contributed by atoms with van der Waals surface area (Å²) in [4.78, 5) is 13.6. The van der Waals surface area contributed by atoms with Crippen molar-refractivity contribution in [1.29, 1.82) is 0 Å². The Morgan fingerprint density at radius 3 is 2.18 bits per heavy atom. The zero-order valence-electron chi connectivity index (χ0n) is 14.5. The molecule has 5 nitrogen and oxygen atoms in total. The van der Waals surface area contributed by atoms with Crippen LogP contribution < -0.4 is 15.5 Å². The summed E-state index contributed by atoms with van der Waals surface area (Å²) in [6, 6.07) is 0. The van der Waals surface area contributed by atoms with E-state index in [-0.39, 0.29) is 0 Å². The van der Waals surface area contributed by atoms with Gasteiger partial charge in [-0.2, -0.15) is 0 Å². The molecule has 2 heterocycles. The third kappa shape index (κ3) is 4.24. The molecule has 0 radical (unpaired) electrons. The molecule has 1 aliphatic rings. The van der Waals surface area contributed by atoms with Gasteiger partial charge in [-0.3, -0.25) is 0 Å². The summed E-state index contributed by atoms with van der Waals surface area (Å²) in [6.07, 6.45) is 5.42. The fourth-order valence-electron chi connectivity index (χ4n) is 3.12. The van der Waals surface area contributed by atoms with E-state index in [1.807, 2.05) is 0 Å². The number of hydrogen-bond donors (Lipinski definition) is 1. The van der Waals surface area contributed by atoms with Crippen molar-refractivity contribution in [1.82, 2.24) is 9.97 Å². The molecule has 0 saturated carbocycles. The molecule has 0 spiro atoms.